The molecule has 0 aliphatic rings. The predicted molar refractivity (Wildman–Crippen MR) is 238 cm³/mol. The standard InChI is InChI=1S/C50H94O6/c1-4-7-10-13-16-19-21-23-24-25-27-28-31-34-37-40-43-49(52)55-46-47(45-54-48(51)42-39-36-33-30-18-15-12-9-6-3)56-50(53)44-41-38-35-32-29-26-22-20-17-14-11-8-5-2/h24-25,47H,4-23,26-46H2,1-3H3/b25-24-/t47-/m1/s1. The molecule has 0 bridgehead atoms. The van der Waals surface area contributed by atoms with E-state index in [1.54, 1.807) is 0 Å². The van der Waals surface area contributed by atoms with Gasteiger partial charge in [0.05, 0.1) is 0 Å². The van der Waals surface area contributed by atoms with Gasteiger partial charge in [-0.25, -0.2) is 0 Å². The Hall–Kier alpha value is -1.85. The van der Waals surface area contributed by atoms with Gasteiger partial charge >= 0.3 is 17.9 Å². The van der Waals surface area contributed by atoms with Crippen molar-refractivity contribution in [1.29, 1.82) is 0 Å². The zero-order valence-electron chi connectivity index (χ0n) is 37.7. The number of rotatable bonds is 45. The number of carbonyl (C=O) groups is 3. The fourth-order valence-corrected chi connectivity index (χ4v) is 7.26. The molecule has 0 N–H and O–H groups in total. The molecular formula is C50H94O6. The molecule has 0 aliphatic carbocycles. The van der Waals surface area contributed by atoms with Crippen LogP contribution in [0, 0.1) is 0 Å². The Morgan fingerprint density at radius 1 is 0.339 bits per heavy atom. The molecule has 0 aliphatic heterocycles. The highest BCUT2D eigenvalue weighted by Crippen LogP contribution is 2.15. The molecule has 0 aromatic carbocycles. The van der Waals surface area contributed by atoms with E-state index in [0.717, 1.165) is 64.2 Å². The minimum atomic E-state index is -0.764. The van der Waals surface area contributed by atoms with Crippen LogP contribution >= 0.6 is 0 Å². The maximum absolute atomic E-state index is 12.7. The molecule has 0 heterocycles. The maximum atomic E-state index is 12.7. The molecular weight excluding hydrogens is 697 g/mol. The first-order valence-electron chi connectivity index (χ1n) is 24.7. The number of hydrogen-bond donors (Lipinski definition) is 0. The van der Waals surface area contributed by atoms with Gasteiger partial charge in [-0.15, -0.1) is 0 Å². The van der Waals surface area contributed by atoms with Crippen molar-refractivity contribution in [3.05, 3.63) is 12.2 Å². The van der Waals surface area contributed by atoms with Crippen LogP contribution in [-0.2, 0) is 28.6 Å². The number of esters is 3. The first-order valence-corrected chi connectivity index (χ1v) is 24.7. The molecule has 0 rings (SSSR count). The van der Waals surface area contributed by atoms with Crippen molar-refractivity contribution < 1.29 is 28.6 Å². The number of hydrogen-bond acceptors (Lipinski definition) is 6. The minimum Gasteiger partial charge on any atom is -0.462 e. The Bertz CT molecular complexity index is 870. The first-order chi connectivity index (χ1) is 27.5. The van der Waals surface area contributed by atoms with Crippen LogP contribution in [0.15, 0.2) is 12.2 Å². The molecule has 0 aromatic heterocycles. The van der Waals surface area contributed by atoms with E-state index in [1.165, 1.54) is 167 Å². The van der Waals surface area contributed by atoms with Crippen LogP contribution in [0.2, 0.25) is 0 Å². The largest absolute Gasteiger partial charge is 0.462 e. The normalized spacial score (nSPS) is 12.0. The summed E-state index contributed by atoms with van der Waals surface area (Å²) in [6.07, 6.45) is 49.1. The summed E-state index contributed by atoms with van der Waals surface area (Å²) >= 11 is 0. The van der Waals surface area contributed by atoms with Gasteiger partial charge < -0.3 is 14.2 Å². The lowest BCUT2D eigenvalue weighted by atomic mass is 10.0. The Balaban J connectivity index is 4.30. The topological polar surface area (TPSA) is 78.9 Å². The second-order valence-electron chi connectivity index (χ2n) is 16.7. The van der Waals surface area contributed by atoms with E-state index in [1.807, 2.05) is 0 Å². The van der Waals surface area contributed by atoms with Crippen LogP contribution in [0.5, 0.6) is 0 Å². The van der Waals surface area contributed by atoms with Crippen molar-refractivity contribution in [2.45, 2.75) is 277 Å². The van der Waals surface area contributed by atoms with Gasteiger partial charge in [-0.2, -0.15) is 0 Å². The van der Waals surface area contributed by atoms with Crippen LogP contribution in [0.25, 0.3) is 0 Å². The number of ether oxygens (including phenoxy) is 3. The third kappa shape index (κ3) is 43.3. The Morgan fingerprint density at radius 3 is 0.893 bits per heavy atom. The van der Waals surface area contributed by atoms with Gasteiger partial charge in [0.15, 0.2) is 6.10 Å². The number of unbranched alkanes of at least 4 members (excludes halogenated alkanes) is 32. The monoisotopic (exact) mass is 791 g/mol. The number of allylic oxidation sites excluding steroid dienone is 2. The van der Waals surface area contributed by atoms with Crippen LogP contribution in [0.1, 0.15) is 271 Å². The van der Waals surface area contributed by atoms with E-state index >= 15 is 0 Å². The lowest BCUT2D eigenvalue weighted by molar-refractivity contribution is -0.167. The van der Waals surface area contributed by atoms with Crippen molar-refractivity contribution in [3.8, 4) is 0 Å². The molecule has 0 saturated heterocycles. The van der Waals surface area contributed by atoms with Crippen molar-refractivity contribution in [2.24, 2.45) is 0 Å². The molecule has 0 saturated carbocycles. The Morgan fingerprint density at radius 2 is 0.589 bits per heavy atom. The SMILES string of the molecule is CCCCCCCCC/C=C\CCCCCCCC(=O)OC[C@@H](COC(=O)CCCCCCCCCCC)OC(=O)CCCCCCCCCCCCCCC. The summed E-state index contributed by atoms with van der Waals surface area (Å²) in [6, 6.07) is 0. The molecule has 0 aromatic rings. The average Bonchev–Trinajstić information content (AvgIpc) is 3.19. The molecule has 0 unspecified atom stereocenters. The fraction of sp³-hybridized carbons (Fsp3) is 0.900. The third-order valence-corrected chi connectivity index (χ3v) is 11.0. The minimum absolute atomic E-state index is 0.0681. The second-order valence-corrected chi connectivity index (χ2v) is 16.7. The first kappa shape index (κ1) is 54.2. The Kier molecular flexibility index (Phi) is 44.3. The van der Waals surface area contributed by atoms with Gasteiger partial charge in [0.1, 0.15) is 13.2 Å². The summed E-state index contributed by atoms with van der Waals surface area (Å²) in [4.78, 5) is 37.8. The molecule has 0 spiro atoms. The number of carbonyl (C=O) groups excluding carboxylic acids is 3. The maximum Gasteiger partial charge on any atom is 0.306 e. The van der Waals surface area contributed by atoms with E-state index < -0.39 is 6.10 Å². The van der Waals surface area contributed by atoms with Gasteiger partial charge in [0.2, 0.25) is 0 Å². The van der Waals surface area contributed by atoms with E-state index in [0.29, 0.717) is 19.3 Å². The Labute approximate surface area is 348 Å². The van der Waals surface area contributed by atoms with Gasteiger partial charge in [0, 0.05) is 19.3 Å². The van der Waals surface area contributed by atoms with Gasteiger partial charge in [-0.05, 0) is 44.9 Å². The lowest BCUT2D eigenvalue weighted by Crippen LogP contribution is -2.30. The van der Waals surface area contributed by atoms with Crippen molar-refractivity contribution in [2.75, 3.05) is 13.2 Å². The summed E-state index contributed by atoms with van der Waals surface area (Å²) in [5.74, 6) is -0.867. The highest BCUT2D eigenvalue weighted by Gasteiger charge is 2.19. The molecule has 330 valence electrons. The molecule has 6 nitrogen and oxygen atoms in total. The van der Waals surface area contributed by atoms with E-state index in [-0.39, 0.29) is 31.1 Å². The van der Waals surface area contributed by atoms with Crippen molar-refractivity contribution in [1.82, 2.24) is 0 Å². The molecule has 0 radical (unpaired) electrons. The van der Waals surface area contributed by atoms with Crippen LogP contribution in [-0.4, -0.2) is 37.2 Å². The van der Waals surface area contributed by atoms with Crippen molar-refractivity contribution >= 4 is 17.9 Å². The molecule has 1 atom stereocenters. The van der Waals surface area contributed by atoms with E-state index in [4.69, 9.17) is 14.2 Å². The lowest BCUT2D eigenvalue weighted by Gasteiger charge is -2.18. The second kappa shape index (κ2) is 45.8. The van der Waals surface area contributed by atoms with Gasteiger partial charge in [-0.3, -0.25) is 14.4 Å². The molecule has 56 heavy (non-hydrogen) atoms. The van der Waals surface area contributed by atoms with E-state index in [2.05, 4.69) is 32.9 Å². The molecule has 0 amide bonds. The van der Waals surface area contributed by atoms with Crippen LogP contribution < -0.4 is 0 Å². The third-order valence-electron chi connectivity index (χ3n) is 11.0. The smallest absolute Gasteiger partial charge is 0.306 e. The predicted octanol–water partition coefficient (Wildman–Crippen LogP) is 15.8. The summed E-state index contributed by atoms with van der Waals surface area (Å²) in [5, 5.41) is 0. The summed E-state index contributed by atoms with van der Waals surface area (Å²) in [7, 11) is 0. The quantitative estimate of drug-likeness (QED) is 0.0264. The zero-order chi connectivity index (χ0) is 40.8. The zero-order valence-corrected chi connectivity index (χ0v) is 37.7. The summed E-state index contributed by atoms with van der Waals surface area (Å²) in [5.41, 5.74) is 0. The van der Waals surface area contributed by atoms with Gasteiger partial charge in [-0.1, -0.05) is 219 Å². The van der Waals surface area contributed by atoms with Crippen molar-refractivity contribution in [3.63, 3.8) is 0 Å². The molecule has 0 fully saturated rings. The van der Waals surface area contributed by atoms with Gasteiger partial charge in [0.25, 0.3) is 0 Å². The average molecular weight is 791 g/mol. The highest BCUT2D eigenvalue weighted by atomic mass is 16.6. The van der Waals surface area contributed by atoms with Crippen LogP contribution in [0.3, 0.4) is 0 Å². The fourth-order valence-electron chi connectivity index (χ4n) is 7.26. The summed E-state index contributed by atoms with van der Waals surface area (Å²) in [6.45, 7) is 6.63. The van der Waals surface area contributed by atoms with E-state index in [9.17, 15) is 14.4 Å². The molecule has 6 heteroatoms. The van der Waals surface area contributed by atoms with Crippen LogP contribution in [0.4, 0.5) is 0 Å². The highest BCUT2D eigenvalue weighted by molar-refractivity contribution is 5.71. The summed E-state index contributed by atoms with van der Waals surface area (Å²) < 4.78 is 16.7.